The van der Waals surface area contributed by atoms with Crippen LogP contribution in [-0.4, -0.2) is 36.1 Å². The van der Waals surface area contributed by atoms with E-state index < -0.39 is 0 Å². The van der Waals surface area contributed by atoms with Crippen molar-refractivity contribution in [3.8, 4) is 23.3 Å². The lowest BCUT2D eigenvalue weighted by atomic mass is 9.95. The van der Waals surface area contributed by atoms with E-state index in [0.717, 1.165) is 24.1 Å². The maximum atomic E-state index is 9.79. The smallest absolute Gasteiger partial charge is 0.147 e. The molecule has 27 heavy (non-hydrogen) atoms. The minimum atomic E-state index is 0.146. The first-order valence-electron chi connectivity index (χ1n) is 9.20. The molecule has 6 nitrogen and oxygen atoms in total. The van der Waals surface area contributed by atoms with E-state index in [9.17, 15) is 10.5 Å². The molecule has 1 aromatic carbocycles. The van der Waals surface area contributed by atoms with Crippen molar-refractivity contribution in [2.75, 3.05) is 31.2 Å². The van der Waals surface area contributed by atoms with E-state index in [4.69, 9.17) is 5.73 Å². The van der Waals surface area contributed by atoms with Crippen LogP contribution in [0, 0.1) is 29.6 Å². The van der Waals surface area contributed by atoms with Crippen LogP contribution >= 0.6 is 0 Å². The second kappa shape index (κ2) is 8.07. The number of nitrogens with two attached hydrogens (primary N) is 1. The predicted octanol–water partition coefficient (Wildman–Crippen LogP) is 3.28. The lowest BCUT2D eigenvalue weighted by molar-refractivity contribution is 0.301. The first-order valence-corrected chi connectivity index (χ1v) is 9.20. The lowest BCUT2D eigenvalue weighted by Gasteiger charge is -2.20. The summed E-state index contributed by atoms with van der Waals surface area (Å²) in [5, 5.41) is 22.6. The maximum absolute atomic E-state index is 9.79. The molecular weight excluding hydrogens is 336 g/mol. The second-order valence-corrected chi connectivity index (χ2v) is 7.05. The lowest BCUT2D eigenvalue weighted by Crippen LogP contribution is -2.27. The number of nitrogens with one attached hydrogen (secondary N) is 1. The van der Waals surface area contributed by atoms with E-state index in [1.165, 1.54) is 12.8 Å². The summed E-state index contributed by atoms with van der Waals surface area (Å²) in [5.74, 6) is 0.595. The topological polar surface area (TPSA) is 102 Å². The number of hydrogen-bond donors (Lipinski definition) is 2. The van der Waals surface area contributed by atoms with Crippen LogP contribution in [0.5, 0.6) is 0 Å². The number of nitriles is 2. The predicted molar refractivity (Wildman–Crippen MR) is 107 cm³/mol. The zero-order valence-corrected chi connectivity index (χ0v) is 15.8. The highest BCUT2D eigenvalue weighted by Gasteiger charge is 2.22. The monoisotopic (exact) mass is 360 g/mol. The van der Waals surface area contributed by atoms with Crippen LogP contribution in [0.15, 0.2) is 24.3 Å². The molecule has 1 aliphatic heterocycles. The number of rotatable bonds is 5. The number of likely N-dealkylation sites (tertiary alicyclic amines) is 1. The van der Waals surface area contributed by atoms with Crippen LogP contribution in [-0.2, 0) is 0 Å². The number of anilines is 2. The van der Waals surface area contributed by atoms with Gasteiger partial charge in [-0.1, -0.05) is 29.8 Å². The van der Waals surface area contributed by atoms with Gasteiger partial charge in [-0.15, -0.1) is 0 Å². The third-order valence-corrected chi connectivity index (χ3v) is 5.23. The third-order valence-electron chi connectivity index (χ3n) is 5.23. The van der Waals surface area contributed by atoms with E-state index in [1.54, 1.807) is 0 Å². The number of aromatic nitrogens is 1. The highest BCUT2D eigenvalue weighted by Crippen LogP contribution is 2.34. The molecule has 0 radical (unpaired) electrons. The standard InChI is InChI=1S/C21H24N6/c1-14-5-7-15(8-6-14)19-17(12-22)20(24)26-21(18(19)13-23)25-10-9-16-4-3-11-27(16)2/h5-8,16H,3-4,9-11H2,1-2H3,(H3,24,25,26). The van der Waals surface area contributed by atoms with Gasteiger partial charge < -0.3 is 16.0 Å². The Morgan fingerprint density at radius 1 is 1.22 bits per heavy atom. The molecule has 1 aliphatic rings. The summed E-state index contributed by atoms with van der Waals surface area (Å²) in [6, 6.07) is 12.6. The average Bonchev–Trinajstić information content (AvgIpc) is 3.07. The maximum Gasteiger partial charge on any atom is 0.147 e. The Morgan fingerprint density at radius 3 is 2.52 bits per heavy atom. The van der Waals surface area contributed by atoms with Gasteiger partial charge in [0.1, 0.15) is 34.9 Å². The van der Waals surface area contributed by atoms with Crippen LogP contribution in [0.25, 0.3) is 11.1 Å². The zero-order chi connectivity index (χ0) is 19.4. The fraction of sp³-hybridized carbons (Fsp3) is 0.381. The van der Waals surface area contributed by atoms with Crippen LogP contribution in [0.3, 0.4) is 0 Å². The summed E-state index contributed by atoms with van der Waals surface area (Å²) in [6.07, 6.45) is 3.40. The molecule has 3 N–H and O–H groups in total. The number of benzene rings is 1. The molecule has 6 heteroatoms. The molecule has 1 aromatic heterocycles. The number of hydrogen-bond acceptors (Lipinski definition) is 6. The minimum absolute atomic E-state index is 0.146. The van der Waals surface area contributed by atoms with Crippen LogP contribution < -0.4 is 11.1 Å². The molecule has 0 spiro atoms. The Morgan fingerprint density at radius 2 is 1.93 bits per heavy atom. The summed E-state index contributed by atoms with van der Waals surface area (Å²) in [5.41, 5.74) is 9.11. The Bertz CT molecular complexity index is 904. The minimum Gasteiger partial charge on any atom is -0.383 e. The Balaban J connectivity index is 1.94. The Labute approximate surface area is 160 Å². The first-order chi connectivity index (χ1) is 13.0. The SMILES string of the molecule is Cc1ccc(-c2c(C#N)c(N)nc(NCCC3CCCN3C)c2C#N)cc1. The summed E-state index contributed by atoms with van der Waals surface area (Å²) < 4.78 is 0. The van der Waals surface area contributed by atoms with Crippen LogP contribution in [0.4, 0.5) is 11.6 Å². The van der Waals surface area contributed by atoms with Crippen molar-refractivity contribution in [3.05, 3.63) is 41.0 Å². The van der Waals surface area contributed by atoms with Gasteiger partial charge in [0.25, 0.3) is 0 Å². The molecule has 3 rings (SSSR count). The van der Waals surface area contributed by atoms with Gasteiger partial charge in [0.15, 0.2) is 0 Å². The van der Waals surface area contributed by atoms with Crippen LogP contribution in [0.1, 0.15) is 36.0 Å². The quantitative estimate of drug-likeness (QED) is 0.848. The van der Waals surface area contributed by atoms with Crippen molar-refractivity contribution in [3.63, 3.8) is 0 Å². The molecule has 1 saturated heterocycles. The number of aryl methyl sites for hydroxylation is 1. The second-order valence-electron chi connectivity index (χ2n) is 7.05. The summed E-state index contributed by atoms with van der Waals surface area (Å²) in [7, 11) is 2.14. The van der Waals surface area contributed by atoms with Gasteiger partial charge in [-0.3, -0.25) is 0 Å². The van der Waals surface area contributed by atoms with E-state index in [2.05, 4.69) is 34.4 Å². The van der Waals surface area contributed by atoms with Gasteiger partial charge in [0.2, 0.25) is 0 Å². The van der Waals surface area contributed by atoms with Gasteiger partial charge in [0, 0.05) is 18.2 Å². The zero-order valence-electron chi connectivity index (χ0n) is 15.8. The molecule has 1 unspecified atom stereocenters. The highest BCUT2D eigenvalue weighted by molar-refractivity contribution is 5.84. The normalized spacial score (nSPS) is 16.7. The van der Waals surface area contributed by atoms with E-state index in [-0.39, 0.29) is 11.4 Å². The molecule has 138 valence electrons. The van der Waals surface area contributed by atoms with Crippen LogP contribution in [0.2, 0.25) is 0 Å². The highest BCUT2D eigenvalue weighted by atomic mass is 15.1. The summed E-state index contributed by atoms with van der Waals surface area (Å²) in [4.78, 5) is 6.68. The number of pyridine rings is 1. The fourth-order valence-corrected chi connectivity index (χ4v) is 3.66. The largest absolute Gasteiger partial charge is 0.383 e. The molecule has 0 aliphatic carbocycles. The Kier molecular flexibility index (Phi) is 5.59. The Hall–Kier alpha value is -3.09. The van der Waals surface area contributed by atoms with Gasteiger partial charge in [0.05, 0.1) is 0 Å². The summed E-state index contributed by atoms with van der Waals surface area (Å²) >= 11 is 0. The van der Waals surface area contributed by atoms with Gasteiger partial charge >= 0.3 is 0 Å². The summed E-state index contributed by atoms with van der Waals surface area (Å²) in [6.45, 7) is 3.83. The molecule has 0 bridgehead atoms. The van der Waals surface area contributed by atoms with E-state index >= 15 is 0 Å². The van der Waals surface area contributed by atoms with Gasteiger partial charge in [-0.2, -0.15) is 10.5 Å². The fourth-order valence-electron chi connectivity index (χ4n) is 3.66. The van der Waals surface area contributed by atoms with Crippen molar-refractivity contribution >= 4 is 11.6 Å². The van der Waals surface area contributed by atoms with Crippen molar-refractivity contribution in [1.29, 1.82) is 10.5 Å². The molecule has 2 heterocycles. The number of nitrogens with zero attached hydrogens (tertiary/aromatic N) is 4. The average molecular weight is 360 g/mol. The van der Waals surface area contributed by atoms with E-state index in [1.807, 2.05) is 31.2 Å². The van der Waals surface area contributed by atoms with Crippen molar-refractivity contribution < 1.29 is 0 Å². The first kappa shape index (κ1) is 18.7. The van der Waals surface area contributed by atoms with Crippen molar-refractivity contribution in [2.24, 2.45) is 0 Å². The third kappa shape index (κ3) is 3.86. The van der Waals surface area contributed by atoms with Crippen molar-refractivity contribution in [2.45, 2.75) is 32.2 Å². The molecule has 1 fully saturated rings. The molecule has 2 aromatic rings. The van der Waals surface area contributed by atoms with Gasteiger partial charge in [-0.25, -0.2) is 4.98 Å². The van der Waals surface area contributed by atoms with E-state index in [0.29, 0.717) is 29.5 Å². The van der Waals surface area contributed by atoms with Crippen molar-refractivity contribution in [1.82, 2.24) is 9.88 Å². The number of nitrogen functional groups attached to an aromatic ring is 1. The van der Waals surface area contributed by atoms with Gasteiger partial charge in [-0.05, 0) is 45.3 Å². The molecule has 1 atom stereocenters. The molecule has 0 amide bonds. The molecule has 0 saturated carbocycles. The molecular formula is C21H24N6.